The largest absolute Gasteiger partial charge is 0.381 e. The fourth-order valence-corrected chi connectivity index (χ4v) is 2.40. The quantitative estimate of drug-likeness (QED) is 0.671. The van der Waals surface area contributed by atoms with Crippen LogP contribution in [0.1, 0.15) is 12.8 Å². The minimum Gasteiger partial charge on any atom is -0.381 e. The Kier molecular flexibility index (Phi) is 3.66. The van der Waals surface area contributed by atoms with Crippen LogP contribution in [0.3, 0.4) is 0 Å². The Morgan fingerprint density at radius 3 is 2.93 bits per heavy atom. The minimum atomic E-state index is 0.0824. The molecule has 0 aromatic rings. The minimum absolute atomic E-state index is 0.0824. The average molecular weight is 221 g/mol. The molecule has 0 aromatic carbocycles. The number of hydrogen-bond donors (Lipinski definition) is 0. The van der Waals surface area contributed by atoms with Gasteiger partial charge in [0.1, 0.15) is 0 Å². The van der Waals surface area contributed by atoms with E-state index < -0.39 is 0 Å². The first kappa shape index (κ1) is 10.7. The lowest BCUT2D eigenvalue weighted by Gasteiger charge is -2.40. The molecule has 2 aliphatic rings. The molecule has 4 atom stereocenters. The van der Waals surface area contributed by atoms with Gasteiger partial charge in [-0.15, -0.1) is 11.6 Å². The monoisotopic (exact) mass is 220 g/mol. The van der Waals surface area contributed by atoms with Crippen LogP contribution in [0.4, 0.5) is 0 Å². The highest BCUT2D eigenvalue weighted by Gasteiger charge is 2.41. The summed E-state index contributed by atoms with van der Waals surface area (Å²) in [7, 11) is 1.69. The Bertz CT molecular complexity index is 182. The Morgan fingerprint density at radius 1 is 1.50 bits per heavy atom. The maximum atomic E-state index is 5.98. The van der Waals surface area contributed by atoms with Crippen LogP contribution in [0.5, 0.6) is 0 Å². The molecule has 1 saturated heterocycles. The van der Waals surface area contributed by atoms with Crippen LogP contribution in [0.15, 0.2) is 0 Å². The number of rotatable bonds is 4. The van der Waals surface area contributed by atoms with Crippen molar-refractivity contribution >= 4 is 11.6 Å². The van der Waals surface area contributed by atoms with Gasteiger partial charge >= 0.3 is 0 Å². The predicted molar refractivity (Wildman–Crippen MR) is 53.7 cm³/mol. The molecule has 1 heterocycles. The van der Waals surface area contributed by atoms with Crippen molar-refractivity contribution in [3.63, 3.8) is 0 Å². The average Bonchev–Trinajstić information content (AvgIpc) is 2.65. The fourth-order valence-electron chi connectivity index (χ4n) is 1.96. The smallest absolute Gasteiger partial charge is 0.0997 e. The number of alkyl halides is 1. The summed E-state index contributed by atoms with van der Waals surface area (Å²) < 4.78 is 16.3. The highest BCUT2D eigenvalue weighted by Crippen LogP contribution is 2.32. The van der Waals surface area contributed by atoms with Crippen LogP contribution < -0.4 is 0 Å². The van der Waals surface area contributed by atoms with Gasteiger partial charge in [-0.05, 0) is 12.8 Å². The van der Waals surface area contributed by atoms with Gasteiger partial charge in [-0.25, -0.2) is 0 Å². The third-order valence-electron chi connectivity index (χ3n) is 3.02. The molecular weight excluding hydrogens is 204 g/mol. The van der Waals surface area contributed by atoms with Crippen LogP contribution in [0, 0.1) is 5.92 Å². The molecule has 0 bridgehead atoms. The number of ether oxygens (including phenoxy) is 3. The van der Waals surface area contributed by atoms with Crippen LogP contribution >= 0.6 is 11.6 Å². The lowest BCUT2D eigenvalue weighted by atomic mass is 9.91. The Labute approximate surface area is 89.7 Å². The summed E-state index contributed by atoms with van der Waals surface area (Å²) in [4.78, 5) is 0. The lowest BCUT2D eigenvalue weighted by molar-refractivity contribution is -0.117. The van der Waals surface area contributed by atoms with E-state index in [4.69, 9.17) is 25.8 Å². The summed E-state index contributed by atoms with van der Waals surface area (Å²) in [6.07, 6.45) is 2.31. The van der Waals surface area contributed by atoms with Crippen molar-refractivity contribution < 1.29 is 14.2 Å². The van der Waals surface area contributed by atoms with Crippen LogP contribution in [-0.4, -0.2) is 44.5 Å². The predicted octanol–water partition coefficient (Wildman–Crippen LogP) is 1.43. The number of methoxy groups -OCH3 is 1. The molecule has 1 aliphatic carbocycles. The van der Waals surface area contributed by atoms with E-state index in [9.17, 15) is 0 Å². The molecule has 1 saturated carbocycles. The van der Waals surface area contributed by atoms with Gasteiger partial charge in [0, 0.05) is 19.6 Å². The second-order valence-electron chi connectivity index (χ2n) is 4.05. The number of hydrogen-bond acceptors (Lipinski definition) is 3. The molecule has 2 fully saturated rings. The molecule has 2 rings (SSSR count). The summed E-state index contributed by atoms with van der Waals surface area (Å²) >= 11 is 5.98. The van der Waals surface area contributed by atoms with E-state index in [1.54, 1.807) is 7.11 Å². The van der Waals surface area contributed by atoms with Crippen molar-refractivity contribution in [3.8, 4) is 0 Å². The van der Waals surface area contributed by atoms with Crippen molar-refractivity contribution in [3.05, 3.63) is 0 Å². The summed E-state index contributed by atoms with van der Waals surface area (Å²) in [5.74, 6) is 0.571. The molecule has 82 valence electrons. The molecular formula is C10H17ClO3. The Hall–Kier alpha value is 0.170. The third-order valence-corrected chi connectivity index (χ3v) is 3.45. The highest BCUT2D eigenvalue weighted by molar-refractivity contribution is 6.21. The Balaban J connectivity index is 1.65. The van der Waals surface area contributed by atoms with Gasteiger partial charge in [-0.2, -0.15) is 0 Å². The van der Waals surface area contributed by atoms with E-state index in [2.05, 4.69) is 0 Å². The first-order chi connectivity index (χ1) is 6.81. The zero-order valence-electron chi connectivity index (χ0n) is 8.45. The SMILES string of the molecule is COC1C(Cl)CC1OCC1CCOC1. The first-order valence-electron chi connectivity index (χ1n) is 5.17. The topological polar surface area (TPSA) is 27.7 Å². The highest BCUT2D eigenvalue weighted by atomic mass is 35.5. The van der Waals surface area contributed by atoms with E-state index >= 15 is 0 Å². The molecule has 0 radical (unpaired) electrons. The maximum absolute atomic E-state index is 5.98. The van der Waals surface area contributed by atoms with E-state index in [1.807, 2.05) is 0 Å². The zero-order valence-corrected chi connectivity index (χ0v) is 9.20. The van der Waals surface area contributed by atoms with Crippen LogP contribution in [-0.2, 0) is 14.2 Å². The summed E-state index contributed by atoms with van der Waals surface area (Å²) in [6.45, 7) is 2.51. The zero-order chi connectivity index (χ0) is 9.97. The third kappa shape index (κ3) is 2.22. The van der Waals surface area contributed by atoms with E-state index in [-0.39, 0.29) is 17.6 Å². The van der Waals surface area contributed by atoms with Crippen molar-refractivity contribution in [2.75, 3.05) is 26.9 Å². The Morgan fingerprint density at radius 2 is 2.36 bits per heavy atom. The standard InChI is InChI=1S/C10H17ClO3/c1-12-10-8(11)4-9(10)14-6-7-2-3-13-5-7/h7-10H,2-6H2,1H3. The molecule has 4 unspecified atom stereocenters. The molecule has 0 amide bonds. The van der Waals surface area contributed by atoms with Gasteiger partial charge < -0.3 is 14.2 Å². The number of halogens is 1. The molecule has 0 aromatic heterocycles. The molecule has 1 aliphatic heterocycles. The van der Waals surface area contributed by atoms with Crippen LogP contribution in [0.25, 0.3) is 0 Å². The maximum Gasteiger partial charge on any atom is 0.0997 e. The van der Waals surface area contributed by atoms with Gasteiger partial charge in [0.25, 0.3) is 0 Å². The van der Waals surface area contributed by atoms with E-state index in [0.717, 1.165) is 32.7 Å². The van der Waals surface area contributed by atoms with Crippen LogP contribution in [0.2, 0.25) is 0 Å². The lowest BCUT2D eigenvalue weighted by Crippen LogP contribution is -2.50. The first-order valence-corrected chi connectivity index (χ1v) is 5.61. The molecule has 0 N–H and O–H groups in total. The molecule has 14 heavy (non-hydrogen) atoms. The second kappa shape index (κ2) is 4.79. The van der Waals surface area contributed by atoms with Gasteiger partial charge in [0.2, 0.25) is 0 Å². The molecule has 4 heteroatoms. The fraction of sp³-hybridized carbons (Fsp3) is 1.00. The normalized spacial score (nSPS) is 42.4. The summed E-state index contributed by atoms with van der Waals surface area (Å²) in [6, 6.07) is 0. The van der Waals surface area contributed by atoms with Gasteiger partial charge in [0.15, 0.2) is 0 Å². The van der Waals surface area contributed by atoms with Gasteiger partial charge in [-0.3, -0.25) is 0 Å². The summed E-state index contributed by atoms with van der Waals surface area (Å²) in [5.41, 5.74) is 0. The van der Waals surface area contributed by atoms with E-state index in [1.165, 1.54) is 0 Å². The van der Waals surface area contributed by atoms with Crippen molar-refractivity contribution in [1.29, 1.82) is 0 Å². The van der Waals surface area contributed by atoms with Gasteiger partial charge in [0.05, 0.1) is 30.8 Å². The second-order valence-corrected chi connectivity index (χ2v) is 4.61. The van der Waals surface area contributed by atoms with Crippen molar-refractivity contribution in [1.82, 2.24) is 0 Å². The van der Waals surface area contributed by atoms with Crippen molar-refractivity contribution in [2.45, 2.75) is 30.4 Å². The summed E-state index contributed by atoms with van der Waals surface area (Å²) in [5, 5.41) is 0.129. The van der Waals surface area contributed by atoms with E-state index in [0.29, 0.717) is 5.92 Å². The molecule has 0 spiro atoms. The molecule has 3 nitrogen and oxygen atoms in total. The van der Waals surface area contributed by atoms with Crippen molar-refractivity contribution in [2.24, 2.45) is 5.92 Å². The van der Waals surface area contributed by atoms with Gasteiger partial charge in [-0.1, -0.05) is 0 Å².